The molecule has 0 bridgehead atoms. The third-order valence-electron chi connectivity index (χ3n) is 3.40. The van der Waals surface area contributed by atoms with Crippen LogP contribution in [0.15, 0.2) is 27.8 Å². The van der Waals surface area contributed by atoms with Crippen LogP contribution in [-0.2, 0) is 12.8 Å². The van der Waals surface area contributed by atoms with Crippen molar-refractivity contribution in [2.45, 2.75) is 29.7 Å². The molecule has 0 spiro atoms. The van der Waals surface area contributed by atoms with Gasteiger partial charge >= 0.3 is 0 Å². The van der Waals surface area contributed by atoms with Crippen LogP contribution in [0.1, 0.15) is 30.1 Å². The van der Waals surface area contributed by atoms with Gasteiger partial charge in [0.15, 0.2) is 5.16 Å². The van der Waals surface area contributed by atoms with Gasteiger partial charge in [-0.1, -0.05) is 17.8 Å². The van der Waals surface area contributed by atoms with Crippen LogP contribution in [0.5, 0.6) is 5.75 Å². The predicted molar refractivity (Wildman–Crippen MR) is 83.2 cm³/mol. The minimum Gasteiger partial charge on any atom is -0.496 e. The molecule has 0 aliphatic heterocycles. The third kappa shape index (κ3) is 2.86. The molecular formula is C14H16BrN3OS. The average Bonchev–Trinajstić information content (AvgIpc) is 3.21. The number of benzene rings is 1. The van der Waals surface area contributed by atoms with Gasteiger partial charge in [0.1, 0.15) is 11.6 Å². The highest BCUT2D eigenvalue weighted by Gasteiger charge is 2.29. The fraction of sp³-hybridized carbons (Fsp3) is 0.429. The average molecular weight is 354 g/mol. The predicted octanol–water partition coefficient (Wildman–Crippen LogP) is 3.76. The second kappa shape index (κ2) is 5.77. The van der Waals surface area contributed by atoms with E-state index in [4.69, 9.17) is 4.74 Å². The number of hydrogen-bond donors (Lipinski definition) is 0. The monoisotopic (exact) mass is 353 g/mol. The zero-order valence-corrected chi connectivity index (χ0v) is 13.9. The molecule has 1 aromatic carbocycles. The molecule has 0 N–H and O–H groups in total. The summed E-state index contributed by atoms with van der Waals surface area (Å²) in [6.45, 7) is 0. The van der Waals surface area contributed by atoms with E-state index >= 15 is 0 Å². The van der Waals surface area contributed by atoms with E-state index in [1.165, 1.54) is 18.4 Å². The normalized spacial score (nSPS) is 14.6. The van der Waals surface area contributed by atoms with E-state index in [1.54, 1.807) is 18.9 Å². The molecule has 1 aliphatic carbocycles. The van der Waals surface area contributed by atoms with Crippen LogP contribution >= 0.6 is 27.7 Å². The number of thioether (sulfide) groups is 1. The lowest BCUT2D eigenvalue weighted by Gasteiger charge is -2.06. The summed E-state index contributed by atoms with van der Waals surface area (Å²) in [6, 6.07) is 6.14. The lowest BCUT2D eigenvalue weighted by atomic mass is 10.2. The maximum atomic E-state index is 5.24. The Morgan fingerprint density at radius 1 is 1.40 bits per heavy atom. The number of ether oxygens (including phenoxy) is 1. The minimum atomic E-state index is 0.636. The topological polar surface area (TPSA) is 39.9 Å². The number of halogens is 1. The summed E-state index contributed by atoms with van der Waals surface area (Å²) in [5.74, 6) is 3.49. The zero-order valence-electron chi connectivity index (χ0n) is 11.5. The fourth-order valence-electron chi connectivity index (χ4n) is 2.10. The Morgan fingerprint density at radius 2 is 2.20 bits per heavy atom. The van der Waals surface area contributed by atoms with Crippen molar-refractivity contribution >= 4 is 27.7 Å². The van der Waals surface area contributed by atoms with E-state index in [0.29, 0.717) is 5.92 Å². The second-order valence-electron chi connectivity index (χ2n) is 4.93. The fourth-order valence-corrected chi connectivity index (χ4v) is 3.55. The Bertz CT molecular complexity index is 625. The molecule has 4 nitrogen and oxygen atoms in total. The van der Waals surface area contributed by atoms with E-state index in [1.807, 2.05) is 6.07 Å². The molecule has 0 unspecified atom stereocenters. The van der Waals surface area contributed by atoms with Crippen molar-refractivity contribution in [3.8, 4) is 5.75 Å². The summed E-state index contributed by atoms with van der Waals surface area (Å²) < 4.78 is 8.35. The first kappa shape index (κ1) is 13.9. The van der Waals surface area contributed by atoms with Gasteiger partial charge in [-0.25, -0.2) is 0 Å². The molecule has 1 heterocycles. The Morgan fingerprint density at radius 3 is 2.85 bits per heavy atom. The molecule has 0 saturated heterocycles. The van der Waals surface area contributed by atoms with Crippen LogP contribution in [0, 0.1) is 0 Å². The van der Waals surface area contributed by atoms with Gasteiger partial charge in [0.2, 0.25) is 0 Å². The van der Waals surface area contributed by atoms with Crippen molar-refractivity contribution in [1.29, 1.82) is 0 Å². The molecule has 3 rings (SSSR count). The van der Waals surface area contributed by atoms with Crippen LogP contribution in [0.3, 0.4) is 0 Å². The SMILES string of the molecule is COc1ccc(CSc2nnc(C3CC3)n2C)cc1Br. The van der Waals surface area contributed by atoms with E-state index in [2.05, 4.69) is 49.9 Å². The Kier molecular flexibility index (Phi) is 4.03. The number of nitrogens with zero attached hydrogens (tertiary/aromatic N) is 3. The van der Waals surface area contributed by atoms with Gasteiger partial charge in [-0.05, 0) is 46.5 Å². The summed E-state index contributed by atoms with van der Waals surface area (Å²) in [5, 5.41) is 9.57. The Labute approximate surface area is 131 Å². The smallest absolute Gasteiger partial charge is 0.191 e. The zero-order chi connectivity index (χ0) is 14.1. The van der Waals surface area contributed by atoms with Crippen LogP contribution in [0.25, 0.3) is 0 Å². The molecule has 1 saturated carbocycles. The van der Waals surface area contributed by atoms with Crippen molar-refractivity contribution in [3.05, 3.63) is 34.1 Å². The highest BCUT2D eigenvalue weighted by Crippen LogP contribution is 2.39. The summed E-state index contributed by atoms with van der Waals surface area (Å²) in [7, 11) is 3.73. The first-order valence-electron chi connectivity index (χ1n) is 6.53. The maximum absolute atomic E-state index is 5.24. The van der Waals surface area contributed by atoms with Gasteiger partial charge < -0.3 is 9.30 Å². The number of hydrogen-bond acceptors (Lipinski definition) is 4. The van der Waals surface area contributed by atoms with Gasteiger partial charge in [0.25, 0.3) is 0 Å². The van der Waals surface area contributed by atoms with Gasteiger partial charge in [0.05, 0.1) is 11.6 Å². The van der Waals surface area contributed by atoms with Crippen LogP contribution < -0.4 is 4.74 Å². The highest BCUT2D eigenvalue weighted by atomic mass is 79.9. The molecule has 2 aromatic rings. The van der Waals surface area contributed by atoms with Gasteiger partial charge in [-0.2, -0.15) is 0 Å². The lowest BCUT2D eigenvalue weighted by Crippen LogP contribution is -1.97. The number of rotatable bonds is 5. The van der Waals surface area contributed by atoms with Crippen molar-refractivity contribution in [2.24, 2.45) is 7.05 Å². The molecule has 20 heavy (non-hydrogen) atoms. The van der Waals surface area contributed by atoms with Gasteiger partial charge in [-0.15, -0.1) is 10.2 Å². The summed E-state index contributed by atoms with van der Waals surface area (Å²) in [4.78, 5) is 0. The Hall–Kier alpha value is -1.01. The molecule has 0 amide bonds. The third-order valence-corrected chi connectivity index (χ3v) is 5.11. The first-order valence-corrected chi connectivity index (χ1v) is 8.31. The first-order chi connectivity index (χ1) is 9.69. The summed E-state index contributed by atoms with van der Waals surface area (Å²) in [6.07, 6.45) is 2.50. The second-order valence-corrected chi connectivity index (χ2v) is 6.73. The highest BCUT2D eigenvalue weighted by molar-refractivity contribution is 9.10. The van der Waals surface area contributed by atoms with E-state index < -0.39 is 0 Å². The molecule has 0 radical (unpaired) electrons. The van der Waals surface area contributed by atoms with Crippen LogP contribution in [-0.4, -0.2) is 21.9 Å². The van der Waals surface area contributed by atoms with Gasteiger partial charge in [-0.3, -0.25) is 0 Å². The quantitative estimate of drug-likeness (QED) is 0.767. The molecular weight excluding hydrogens is 338 g/mol. The summed E-state index contributed by atoms with van der Waals surface area (Å²) >= 11 is 5.23. The van der Waals surface area contributed by atoms with Crippen LogP contribution in [0.2, 0.25) is 0 Å². The number of aromatic nitrogens is 3. The van der Waals surface area contributed by atoms with Crippen molar-refractivity contribution in [2.75, 3.05) is 7.11 Å². The molecule has 1 aliphatic rings. The Balaban J connectivity index is 1.68. The molecule has 1 fully saturated rings. The van der Waals surface area contributed by atoms with E-state index in [-0.39, 0.29) is 0 Å². The molecule has 1 aromatic heterocycles. The largest absolute Gasteiger partial charge is 0.496 e. The van der Waals surface area contributed by atoms with Crippen LogP contribution in [0.4, 0.5) is 0 Å². The summed E-state index contributed by atoms with van der Waals surface area (Å²) in [5.41, 5.74) is 1.23. The van der Waals surface area contributed by atoms with E-state index in [0.717, 1.165) is 27.0 Å². The van der Waals surface area contributed by atoms with Crippen molar-refractivity contribution in [1.82, 2.24) is 14.8 Å². The standard InChI is InChI=1S/C14H16BrN3OS/c1-18-13(10-4-5-10)16-17-14(18)20-8-9-3-6-12(19-2)11(15)7-9/h3,6-7,10H,4-5,8H2,1-2H3. The van der Waals surface area contributed by atoms with Crippen molar-refractivity contribution < 1.29 is 4.74 Å². The molecule has 0 atom stereocenters. The molecule has 106 valence electrons. The molecule has 6 heteroatoms. The van der Waals surface area contributed by atoms with Gasteiger partial charge in [0, 0.05) is 18.7 Å². The van der Waals surface area contributed by atoms with E-state index in [9.17, 15) is 0 Å². The van der Waals surface area contributed by atoms with Crippen molar-refractivity contribution in [3.63, 3.8) is 0 Å². The number of methoxy groups -OCH3 is 1. The lowest BCUT2D eigenvalue weighted by molar-refractivity contribution is 0.412. The minimum absolute atomic E-state index is 0.636. The maximum Gasteiger partial charge on any atom is 0.191 e.